The van der Waals surface area contributed by atoms with Crippen LogP contribution in [0, 0.1) is 0 Å². The number of morpholine rings is 1. The van der Waals surface area contributed by atoms with Crippen LogP contribution in [0.25, 0.3) is 0 Å². The van der Waals surface area contributed by atoms with Gasteiger partial charge in [0.2, 0.25) is 0 Å². The van der Waals surface area contributed by atoms with Crippen molar-refractivity contribution in [3.63, 3.8) is 0 Å². The van der Waals surface area contributed by atoms with Gasteiger partial charge in [-0.05, 0) is 55.7 Å². The third-order valence-electron chi connectivity index (χ3n) is 7.94. The highest BCUT2D eigenvalue weighted by molar-refractivity contribution is 7.59. The van der Waals surface area contributed by atoms with Crippen LogP contribution < -0.4 is 5.32 Å². The van der Waals surface area contributed by atoms with Crippen molar-refractivity contribution in [1.82, 2.24) is 14.7 Å². The average Bonchev–Trinajstić information content (AvgIpc) is 2.89. The zero-order valence-corrected chi connectivity index (χ0v) is 26.7. The van der Waals surface area contributed by atoms with Crippen LogP contribution in [0.15, 0.2) is 30.3 Å². The first-order chi connectivity index (χ1) is 19.0. The van der Waals surface area contributed by atoms with E-state index in [0.29, 0.717) is 76.7 Å². The molecule has 5 rings (SSSR count). The molecule has 0 unspecified atom stereocenters. The molecule has 2 amide bonds. The van der Waals surface area contributed by atoms with Gasteiger partial charge in [0.1, 0.15) is 0 Å². The molecule has 0 spiro atoms. The van der Waals surface area contributed by atoms with Crippen molar-refractivity contribution in [1.29, 1.82) is 0 Å². The Morgan fingerprint density at radius 3 is 2.02 bits per heavy atom. The number of carbonyl (C=O) groups is 2. The summed E-state index contributed by atoms with van der Waals surface area (Å²) in [6, 6.07) is 8.80. The maximum absolute atomic E-state index is 13.2. The number of hydrogen-bond donors (Lipinski definition) is 2. The molecule has 0 radical (unpaired) electrons. The molecular formula is C28H34Cl4N4O4S. The molecule has 8 nitrogen and oxygen atoms in total. The number of anilines is 1. The number of hydrogen-bond acceptors (Lipinski definition) is 6. The van der Waals surface area contributed by atoms with E-state index in [9.17, 15) is 14.7 Å². The van der Waals surface area contributed by atoms with Gasteiger partial charge < -0.3 is 25.0 Å². The van der Waals surface area contributed by atoms with E-state index in [2.05, 4.69) is 10.2 Å². The van der Waals surface area contributed by atoms with Gasteiger partial charge in [-0.3, -0.25) is 14.5 Å². The third kappa shape index (κ3) is 7.21. The SMILES string of the molecule is C[C@@](O)(C(=O)N1CCC(N2CC(Nc3cc(Cl)c(C(=O)N4CCOCC4)c(Cl)c3)C2)CC1)c1cc(Cl)cc(Cl)c1.S. The first-order valence-electron chi connectivity index (χ1n) is 13.4. The molecule has 0 saturated carbocycles. The Balaban J connectivity index is 0.00000387. The molecule has 2 N–H and O–H groups in total. The van der Waals surface area contributed by atoms with Crippen LogP contribution in [-0.2, 0) is 15.1 Å². The van der Waals surface area contributed by atoms with Crippen molar-refractivity contribution in [3.8, 4) is 0 Å². The predicted molar refractivity (Wildman–Crippen MR) is 168 cm³/mol. The Labute approximate surface area is 267 Å². The summed E-state index contributed by atoms with van der Waals surface area (Å²) in [6.45, 7) is 6.36. The fourth-order valence-corrected chi connectivity index (χ4v) is 6.80. The number of amides is 2. The number of benzene rings is 2. The maximum Gasteiger partial charge on any atom is 0.258 e. The molecule has 2 aromatic rings. The standard InChI is InChI=1S/C28H32Cl4N4O4.H2S/c1-28(39,17-10-18(29)12-19(30)11-17)27(38)35-4-2-22(3-5-35)36-15-21(16-36)33-20-13-23(31)25(24(32)14-20)26(37)34-6-8-40-9-7-34;/h10-14,21-22,33,39H,2-9,15-16H2,1H3;1H2/t28-;/m0./s1. The zero-order chi connectivity index (χ0) is 28.6. The van der Waals surface area contributed by atoms with Gasteiger partial charge in [-0.2, -0.15) is 13.5 Å². The van der Waals surface area contributed by atoms with Crippen LogP contribution in [0.5, 0.6) is 0 Å². The predicted octanol–water partition coefficient (Wildman–Crippen LogP) is 4.88. The third-order valence-corrected chi connectivity index (χ3v) is 8.98. The molecule has 3 fully saturated rings. The van der Waals surface area contributed by atoms with Gasteiger partial charge in [0.25, 0.3) is 11.8 Å². The summed E-state index contributed by atoms with van der Waals surface area (Å²) in [6.07, 6.45) is 1.64. The van der Waals surface area contributed by atoms with Crippen LogP contribution in [0.2, 0.25) is 20.1 Å². The van der Waals surface area contributed by atoms with E-state index in [1.54, 1.807) is 40.1 Å². The monoisotopic (exact) mass is 662 g/mol. The van der Waals surface area contributed by atoms with Crippen LogP contribution in [0.1, 0.15) is 35.7 Å². The van der Waals surface area contributed by atoms with E-state index in [1.807, 2.05) is 0 Å². The summed E-state index contributed by atoms with van der Waals surface area (Å²) in [5.74, 6) is -0.529. The largest absolute Gasteiger partial charge is 0.380 e. The number of aliphatic hydroxyl groups is 1. The van der Waals surface area contributed by atoms with Crippen molar-refractivity contribution in [2.24, 2.45) is 0 Å². The topological polar surface area (TPSA) is 85.3 Å². The van der Waals surface area contributed by atoms with Crippen LogP contribution >= 0.6 is 59.9 Å². The number of piperidine rings is 1. The fourth-order valence-electron chi connectivity index (χ4n) is 5.62. The molecule has 3 aliphatic heterocycles. The summed E-state index contributed by atoms with van der Waals surface area (Å²) in [5, 5.41) is 15.9. The van der Waals surface area contributed by atoms with Crippen LogP contribution in [0.4, 0.5) is 5.69 Å². The Kier molecular flexibility index (Phi) is 10.7. The number of carbonyl (C=O) groups excluding carboxylic acids is 2. The molecule has 2 aromatic carbocycles. The van der Waals surface area contributed by atoms with Gasteiger partial charge in [0.15, 0.2) is 5.60 Å². The van der Waals surface area contributed by atoms with Gasteiger partial charge in [-0.25, -0.2) is 0 Å². The van der Waals surface area contributed by atoms with E-state index in [1.165, 1.54) is 6.92 Å². The minimum Gasteiger partial charge on any atom is -0.380 e. The van der Waals surface area contributed by atoms with Crippen LogP contribution in [0.3, 0.4) is 0 Å². The molecule has 41 heavy (non-hydrogen) atoms. The lowest BCUT2D eigenvalue weighted by Crippen LogP contribution is -2.61. The first kappa shape index (κ1) is 32.5. The van der Waals surface area contributed by atoms with Crippen molar-refractivity contribution >= 4 is 77.4 Å². The lowest BCUT2D eigenvalue weighted by Gasteiger charge is -2.48. The average molecular weight is 664 g/mol. The molecule has 13 heteroatoms. The summed E-state index contributed by atoms with van der Waals surface area (Å²) in [4.78, 5) is 31.9. The summed E-state index contributed by atoms with van der Waals surface area (Å²) < 4.78 is 5.32. The molecule has 3 heterocycles. The quantitative estimate of drug-likeness (QED) is 0.459. The second-order valence-electron chi connectivity index (χ2n) is 10.8. The summed E-state index contributed by atoms with van der Waals surface area (Å²) in [7, 11) is 0. The molecule has 1 atom stereocenters. The number of rotatable bonds is 6. The maximum atomic E-state index is 13.2. The Bertz CT molecular complexity index is 1240. The van der Waals surface area contributed by atoms with E-state index in [0.717, 1.165) is 31.6 Å². The minimum absolute atomic E-state index is 0. The molecule has 224 valence electrons. The van der Waals surface area contributed by atoms with Gasteiger partial charge in [-0.15, -0.1) is 0 Å². The van der Waals surface area contributed by atoms with Crippen molar-refractivity contribution in [2.75, 3.05) is 57.8 Å². The van der Waals surface area contributed by atoms with Crippen molar-refractivity contribution < 1.29 is 19.4 Å². The Morgan fingerprint density at radius 1 is 0.902 bits per heavy atom. The van der Waals surface area contributed by atoms with Gasteiger partial charge in [0.05, 0.1) is 34.9 Å². The smallest absolute Gasteiger partial charge is 0.258 e. The first-order valence-corrected chi connectivity index (χ1v) is 14.9. The highest BCUT2D eigenvalue weighted by Gasteiger charge is 2.40. The molecule has 0 aromatic heterocycles. The van der Waals surface area contributed by atoms with E-state index in [-0.39, 0.29) is 31.4 Å². The Hall–Kier alpha value is -1.43. The highest BCUT2D eigenvalue weighted by atomic mass is 35.5. The van der Waals surface area contributed by atoms with Crippen molar-refractivity contribution in [2.45, 2.75) is 37.5 Å². The zero-order valence-electron chi connectivity index (χ0n) is 22.6. The molecule has 0 aliphatic carbocycles. The fraction of sp³-hybridized carbons (Fsp3) is 0.500. The van der Waals surface area contributed by atoms with E-state index in [4.69, 9.17) is 51.1 Å². The Morgan fingerprint density at radius 2 is 1.46 bits per heavy atom. The van der Waals surface area contributed by atoms with Gasteiger partial charge >= 0.3 is 0 Å². The molecule has 3 saturated heterocycles. The van der Waals surface area contributed by atoms with E-state index >= 15 is 0 Å². The normalized spacial score (nSPS) is 20.1. The number of nitrogens with one attached hydrogen (secondary N) is 1. The number of nitrogens with zero attached hydrogens (tertiary/aromatic N) is 3. The highest BCUT2D eigenvalue weighted by Crippen LogP contribution is 2.33. The number of halogens is 4. The second-order valence-corrected chi connectivity index (χ2v) is 12.5. The lowest BCUT2D eigenvalue weighted by atomic mass is 9.92. The molecule has 0 bridgehead atoms. The summed E-state index contributed by atoms with van der Waals surface area (Å²) >= 11 is 25.2. The lowest BCUT2D eigenvalue weighted by molar-refractivity contribution is -0.152. The molecular weight excluding hydrogens is 630 g/mol. The second kappa shape index (κ2) is 13.5. The van der Waals surface area contributed by atoms with Gasteiger partial charge in [0, 0.05) is 61.0 Å². The van der Waals surface area contributed by atoms with Gasteiger partial charge in [-0.1, -0.05) is 46.4 Å². The minimum atomic E-state index is -1.71. The van der Waals surface area contributed by atoms with E-state index < -0.39 is 5.60 Å². The van der Waals surface area contributed by atoms with Crippen molar-refractivity contribution in [3.05, 3.63) is 61.5 Å². The number of likely N-dealkylation sites (tertiary alicyclic amines) is 2. The number of ether oxygens (including phenoxy) is 1. The van der Waals surface area contributed by atoms with Crippen LogP contribution in [-0.4, -0.2) is 96.2 Å². The summed E-state index contributed by atoms with van der Waals surface area (Å²) in [5.41, 5.74) is -0.225. The molecule has 3 aliphatic rings.